The number of hydrogen-bond donors (Lipinski definition) is 1. The fourth-order valence-electron chi connectivity index (χ4n) is 6.92. The van der Waals surface area contributed by atoms with Gasteiger partial charge in [-0.05, 0) is 98.3 Å². The number of carbonyl (C=O) groups is 2. The number of nitrogens with zero attached hydrogens (tertiary/aromatic N) is 2. The molecule has 4 aliphatic carbocycles. The molecular weight excluding hydrogens is 522 g/mol. The molecule has 4 bridgehead atoms. The highest BCUT2D eigenvalue weighted by Gasteiger charge is 2.55. The summed E-state index contributed by atoms with van der Waals surface area (Å²) >= 11 is 6.64. The van der Waals surface area contributed by atoms with Crippen molar-refractivity contribution < 1.29 is 19.2 Å². The summed E-state index contributed by atoms with van der Waals surface area (Å²) in [4.78, 5) is 37.6. The van der Waals surface area contributed by atoms with Gasteiger partial charge in [0.25, 0.3) is 11.6 Å². The summed E-state index contributed by atoms with van der Waals surface area (Å²) in [6, 6.07) is 13.5. The van der Waals surface area contributed by atoms with Crippen molar-refractivity contribution in [1.82, 2.24) is 10.4 Å². The molecule has 1 N–H and O–H groups in total. The molecule has 1 saturated heterocycles. The van der Waals surface area contributed by atoms with Crippen LogP contribution in [0, 0.1) is 33.3 Å². The first-order valence-corrected chi connectivity index (χ1v) is 14.1. The van der Waals surface area contributed by atoms with Crippen molar-refractivity contribution in [2.45, 2.75) is 45.1 Å². The van der Waals surface area contributed by atoms with Crippen LogP contribution in [0.2, 0.25) is 0 Å². The Balaban J connectivity index is 1.15. The minimum atomic E-state index is -0.443. The molecule has 0 atom stereocenters. The van der Waals surface area contributed by atoms with Crippen LogP contribution in [-0.4, -0.2) is 26.1 Å². The number of benzene rings is 2. The highest BCUT2D eigenvalue weighted by molar-refractivity contribution is 8.26. The molecule has 2 aromatic rings. The summed E-state index contributed by atoms with van der Waals surface area (Å²) in [7, 11) is 0. The van der Waals surface area contributed by atoms with Gasteiger partial charge in [0.15, 0.2) is 4.32 Å². The number of non-ortho nitro benzene ring substituents is 1. The summed E-state index contributed by atoms with van der Waals surface area (Å²) in [5, 5.41) is 12.1. The van der Waals surface area contributed by atoms with E-state index < -0.39 is 4.92 Å². The Labute approximate surface area is 229 Å². The quantitative estimate of drug-likeness (QED) is 0.207. The highest BCUT2D eigenvalue weighted by atomic mass is 32.2. The second-order valence-electron chi connectivity index (χ2n) is 10.9. The van der Waals surface area contributed by atoms with Gasteiger partial charge in [0.1, 0.15) is 12.4 Å². The molecule has 1 aliphatic heterocycles. The average Bonchev–Trinajstić information content (AvgIpc) is 3.15. The second kappa shape index (κ2) is 9.81. The third-order valence-electron chi connectivity index (χ3n) is 8.27. The van der Waals surface area contributed by atoms with E-state index in [1.807, 2.05) is 18.2 Å². The Morgan fingerprint density at radius 3 is 2.37 bits per heavy atom. The summed E-state index contributed by atoms with van der Waals surface area (Å²) in [5.74, 6) is 2.03. The van der Waals surface area contributed by atoms with Crippen LogP contribution in [0.25, 0.3) is 6.08 Å². The minimum Gasteiger partial charge on any atom is -0.488 e. The largest absolute Gasteiger partial charge is 0.488 e. The van der Waals surface area contributed by atoms with Crippen LogP contribution < -0.4 is 10.2 Å². The molecule has 1 heterocycles. The maximum absolute atomic E-state index is 13.5. The molecule has 5 fully saturated rings. The van der Waals surface area contributed by atoms with Crippen LogP contribution in [-0.2, 0) is 16.2 Å². The maximum Gasteiger partial charge on any atom is 0.285 e. The fraction of sp³-hybridized carbons (Fsp3) is 0.393. The molecule has 5 aliphatic rings. The van der Waals surface area contributed by atoms with Crippen LogP contribution in [0.15, 0.2) is 53.4 Å². The molecule has 8 nitrogen and oxygen atoms in total. The standard InChI is InChI=1S/C28H27N3O5S2/c32-25-24(12-21-3-1-2-4-23(21)36-16-17-5-7-22(8-6-17)31(34)35)38-27(37)30(25)29-26(33)28-13-18-9-19(14-28)11-20(10-18)15-28/h1-8,12,18-20H,9-11,13-16H2,(H,29,33)/b24-12-. The summed E-state index contributed by atoms with van der Waals surface area (Å²) in [6.07, 6.45) is 8.17. The molecule has 0 radical (unpaired) electrons. The maximum atomic E-state index is 13.5. The van der Waals surface area contributed by atoms with E-state index in [1.165, 1.54) is 36.4 Å². The van der Waals surface area contributed by atoms with Gasteiger partial charge in [0.05, 0.1) is 15.2 Å². The van der Waals surface area contributed by atoms with Crippen LogP contribution in [0.3, 0.4) is 0 Å². The lowest BCUT2D eigenvalue weighted by molar-refractivity contribution is -0.384. The zero-order valence-corrected chi connectivity index (χ0v) is 22.3. The molecule has 0 aromatic heterocycles. The predicted molar refractivity (Wildman–Crippen MR) is 148 cm³/mol. The lowest BCUT2D eigenvalue weighted by Crippen LogP contribution is -2.57. The first-order chi connectivity index (χ1) is 18.3. The van der Waals surface area contributed by atoms with Gasteiger partial charge in [-0.2, -0.15) is 5.01 Å². The topological polar surface area (TPSA) is 102 Å². The number of nitrogens with one attached hydrogen (secondary N) is 1. The van der Waals surface area contributed by atoms with Gasteiger partial charge in [0, 0.05) is 17.7 Å². The molecular formula is C28H27N3O5S2. The molecule has 7 rings (SSSR count). The van der Waals surface area contributed by atoms with E-state index in [9.17, 15) is 19.7 Å². The number of para-hydroxylation sites is 1. The molecule has 0 spiro atoms. The third-order valence-corrected chi connectivity index (χ3v) is 9.58. The molecule has 196 valence electrons. The van der Waals surface area contributed by atoms with Crippen molar-refractivity contribution in [2.24, 2.45) is 23.2 Å². The van der Waals surface area contributed by atoms with Gasteiger partial charge in [-0.25, -0.2) is 0 Å². The molecule has 10 heteroatoms. The Hall–Kier alpha value is -3.24. The number of carbonyl (C=O) groups excluding carboxylic acids is 2. The van der Waals surface area contributed by atoms with Gasteiger partial charge in [-0.3, -0.25) is 25.1 Å². The number of nitro benzene ring substituents is 1. The number of thiocarbonyl (C=S) groups is 1. The Morgan fingerprint density at radius 1 is 1.11 bits per heavy atom. The van der Waals surface area contributed by atoms with Gasteiger partial charge in [-0.1, -0.05) is 30.0 Å². The van der Waals surface area contributed by atoms with Gasteiger partial charge in [0.2, 0.25) is 5.91 Å². The number of rotatable bonds is 7. The number of thioether (sulfide) groups is 1. The van der Waals surface area contributed by atoms with Crippen LogP contribution in [0.1, 0.15) is 49.7 Å². The van der Waals surface area contributed by atoms with E-state index in [-0.39, 0.29) is 29.5 Å². The molecule has 0 unspecified atom stereocenters. The third kappa shape index (κ3) is 4.71. The second-order valence-corrected chi connectivity index (χ2v) is 12.6. The summed E-state index contributed by atoms with van der Waals surface area (Å²) in [6.45, 7) is 0.213. The van der Waals surface area contributed by atoms with E-state index in [1.54, 1.807) is 24.3 Å². The Morgan fingerprint density at radius 2 is 1.74 bits per heavy atom. The molecule has 2 aromatic carbocycles. The van der Waals surface area contributed by atoms with E-state index in [0.29, 0.717) is 38.3 Å². The number of amides is 2. The lowest BCUT2D eigenvalue weighted by atomic mass is 9.49. The van der Waals surface area contributed by atoms with Crippen molar-refractivity contribution in [3.05, 3.63) is 74.7 Å². The Kier molecular flexibility index (Phi) is 6.47. The zero-order valence-electron chi connectivity index (χ0n) is 20.6. The van der Waals surface area contributed by atoms with Crippen molar-refractivity contribution >= 4 is 51.9 Å². The summed E-state index contributed by atoms with van der Waals surface area (Å²) < 4.78 is 6.28. The zero-order chi connectivity index (χ0) is 26.4. The lowest BCUT2D eigenvalue weighted by Gasteiger charge is -2.55. The van der Waals surface area contributed by atoms with Crippen LogP contribution in [0.4, 0.5) is 5.69 Å². The van der Waals surface area contributed by atoms with Gasteiger partial charge >= 0.3 is 0 Å². The molecule has 2 amide bonds. The monoisotopic (exact) mass is 549 g/mol. The number of nitro groups is 1. The minimum absolute atomic E-state index is 0.0199. The van der Waals surface area contributed by atoms with E-state index in [0.717, 1.165) is 36.6 Å². The van der Waals surface area contributed by atoms with E-state index in [4.69, 9.17) is 17.0 Å². The van der Waals surface area contributed by atoms with E-state index in [2.05, 4.69) is 5.43 Å². The molecule has 4 saturated carbocycles. The van der Waals surface area contributed by atoms with Gasteiger partial charge < -0.3 is 4.74 Å². The fourth-order valence-corrected chi connectivity index (χ4v) is 8.09. The first-order valence-electron chi connectivity index (χ1n) is 12.8. The predicted octanol–water partition coefficient (Wildman–Crippen LogP) is 5.62. The number of hydrazine groups is 1. The summed E-state index contributed by atoms with van der Waals surface area (Å²) in [5.41, 5.74) is 4.01. The van der Waals surface area contributed by atoms with Gasteiger partial charge in [-0.15, -0.1) is 0 Å². The van der Waals surface area contributed by atoms with Crippen LogP contribution >= 0.6 is 24.0 Å². The highest BCUT2D eigenvalue weighted by Crippen LogP contribution is 2.60. The van der Waals surface area contributed by atoms with E-state index >= 15 is 0 Å². The SMILES string of the molecule is O=C1/C(=C/c2ccccc2OCc2ccc([N+](=O)[O-])cc2)SC(=S)N1NC(=O)C12CC3CC(CC(C3)C1)C2. The average molecular weight is 550 g/mol. The number of hydrogen-bond acceptors (Lipinski definition) is 7. The molecule has 38 heavy (non-hydrogen) atoms. The number of ether oxygens (including phenoxy) is 1. The van der Waals surface area contributed by atoms with Crippen molar-refractivity contribution in [1.29, 1.82) is 0 Å². The van der Waals surface area contributed by atoms with Crippen LogP contribution in [0.5, 0.6) is 5.75 Å². The normalized spacial score (nSPS) is 28.7. The first kappa shape index (κ1) is 25.1. The van der Waals surface area contributed by atoms with Crippen molar-refractivity contribution in [2.75, 3.05) is 0 Å². The van der Waals surface area contributed by atoms with Crippen molar-refractivity contribution in [3.63, 3.8) is 0 Å². The Bertz CT molecular complexity index is 1320. The van der Waals surface area contributed by atoms with Crippen molar-refractivity contribution in [3.8, 4) is 5.75 Å². The smallest absolute Gasteiger partial charge is 0.285 e.